The average Bonchev–Trinajstić information content (AvgIpc) is 2.78. The Hall–Kier alpha value is -2.49. The molecule has 10 heteroatoms. The summed E-state index contributed by atoms with van der Waals surface area (Å²) < 4.78 is 38.3. The number of nitrogens with zero attached hydrogens (tertiary/aromatic N) is 3. The van der Waals surface area contributed by atoms with Gasteiger partial charge in [0.1, 0.15) is 5.71 Å². The Bertz CT molecular complexity index is 674. The largest absolute Gasteiger partial charge is 0.431 e. The Morgan fingerprint density at radius 1 is 1.50 bits per heavy atom. The fourth-order valence-corrected chi connectivity index (χ4v) is 2.13. The Morgan fingerprint density at radius 3 is 2.64 bits per heavy atom. The normalized spacial score (nSPS) is 21.7. The number of amides is 1. The second kappa shape index (κ2) is 5.05. The molecular formula is C12H10F3N3O4. The summed E-state index contributed by atoms with van der Waals surface area (Å²) in [6, 6.07) is 4.42. The Balaban J connectivity index is 2.51. The molecule has 22 heavy (non-hydrogen) atoms. The van der Waals surface area contributed by atoms with Crippen molar-refractivity contribution >= 4 is 17.3 Å². The molecule has 0 aromatic heterocycles. The van der Waals surface area contributed by atoms with Crippen molar-refractivity contribution in [3.05, 3.63) is 39.9 Å². The number of carbonyl (C=O) groups excluding carboxylic acids is 1. The summed E-state index contributed by atoms with van der Waals surface area (Å²) in [6.45, 7) is 0.936. The van der Waals surface area contributed by atoms with Gasteiger partial charge in [-0.3, -0.25) is 14.9 Å². The van der Waals surface area contributed by atoms with E-state index in [1.54, 1.807) is 0 Å². The van der Waals surface area contributed by atoms with Crippen molar-refractivity contribution < 1.29 is 28.0 Å². The fourth-order valence-electron chi connectivity index (χ4n) is 2.13. The molecule has 0 aliphatic carbocycles. The third kappa shape index (κ3) is 2.64. The van der Waals surface area contributed by atoms with Gasteiger partial charge >= 0.3 is 6.18 Å². The lowest BCUT2D eigenvalue weighted by molar-refractivity contribution is -0.385. The fraction of sp³-hybridized carbons (Fsp3) is 0.333. The quantitative estimate of drug-likeness (QED) is 0.665. The van der Waals surface area contributed by atoms with Crippen molar-refractivity contribution in [1.82, 2.24) is 5.01 Å². The summed E-state index contributed by atoms with van der Waals surface area (Å²) in [7, 11) is 0. The average molecular weight is 317 g/mol. The van der Waals surface area contributed by atoms with Crippen molar-refractivity contribution in [3.8, 4) is 0 Å². The van der Waals surface area contributed by atoms with Gasteiger partial charge in [-0.2, -0.15) is 23.3 Å². The van der Waals surface area contributed by atoms with Gasteiger partial charge in [-0.25, -0.2) is 0 Å². The maximum absolute atomic E-state index is 12.8. The summed E-state index contributed by atoms with van der Waals surface area (Å²) in [5.41, 5.74) is -4.39. The SMILES string of the molecule is CC(=O)N1N=C(C(F)(F)F)CC1(O)c1cccc([N+](=O)[O-])c1. The van der Waals surface area contributed by atoms with E-state index in [1.807, 2.05) is 0 Å². The zero-order chi connectivity index (χ0) is 16.7. The molecule has 0 saturated carbocycles. The summed E-state index contributed by atoms with van der Waals surface area (Å²) in [4.78, 5) is 21.5. The summed E-state index contributed by atoms with van der Waals surface area (Å²) in [6.07, 6.45) is -5.82. The highest BCUT2D eigenvalue weighted by Crippen LogP contribution is 2.40. The van der Waals surface area contributed by atoms with Crippen LogP contribution in [0.2, 0.25) is 0 Å². The molecule has 118 valence electrons. The summed E-state index contributed by atoms with van der Waals surface area (Å²) in [5, 5.41) is 24.7. The standard InChI is InChI=1S/C12H10F3N3O4/c1-7(19)17-11(20,6-10(16-17)12(13,14)15)8-3-2-4-9(5-8)18(21)22/h2-5,20H,6H2,1H3. The molecule has 1 heterocycles. The molecule has 0 spiro atoms. The van der Waals surface area contributed by atoms with Crippen molar-refractivity contribution in [3.63, 3.8) is 0 Å². The van der Waals surface area contributed by atoms with Gasteiger partial charge in [-0.15, -0.1) is 0 Å². The minimum atomic E-state index is -4.82. The van der Waals surface area contributed by atoms with Crippen molar-refractivity contribution in [2.75, 3.05) is 0 Å². The molecule has 7 nitrogen and oxygen atoms in total. The third-order valence-electron chi connectivity index (χ3n) is 3.13. The van der Waals surface area contributed by atoms with Crippen LogP contribution in [0.25, 0.3) is 0 Å². The Morgan fingerprint density at radius 2 is 2.14 bits per heavy atom. The van der Waals surface area contributed by atoms with E-state index in [0.717, 1.165) is 19.1 Å². The molecule has 1 atom stereocenters. The van der Waals surface area contributed by atoms with Crippen molar-refractivity contribution in [2.45, 2.75) is 25.2 Å². The van der Waals surface area contributed by atoms with Gasteiger partial charge < -0.3 is 5.11 Å². The van der Waals surface area contributed by atoms with Crippen LogP contribution in [0.4, 0.5) is 18.9 Å². The van der Waals surface area contributed by atoms with E-state index in [0.29, 0.717) is 0 Å². The molecule has 2 rings (SSSR count). The van der Waals surface area contributed by atoms with Crippen LogP contribution in [0.15, 0.2) is 29.4 Å². The van der Waals surface area contributed by atoms with Crippen LogP contribution < -0.4 is 0 Å². The first kappa shape index (κ1) is 15.9. The van der Waals surface area contributed by atoms with Gasteiger partial charge in [0.25, 0.3) is 5.69 Å². The van der Waals surface area contributed by atoms with E-state index in [9.17, 15) is 33.2 Å². The van der Waals surface area contributed by atoms with Gasteiger partial charge in [0.2, 0.25) is 5.91 Å². The number of nitro groups is 1. The van der Waals surface area contributed by atoms with Crippen molar-refractivity contribution in [1.29, 1.82) is 0 Å². The number of hydrogen-bond acceptors (Lipinski definition) is 5. The van der Waals surface area contributed by atoms with Crippen LogP contribution in [0.1, 0.15) is 18.9 Å². The van der Waals surface area contributed by atoms with Crippen LogP contribution in [-0.4, -0.2) is 32.8 Å². The molecule has 1 aromatic rings. The molecule has 0 radical (unpaired) electrons. The minimum Gasteiger partial charge on any atom is -0.365 e. The molecular weight excluding hydrogens is 307 g/mol. The van der Waals surface area contributed by atoms with Crippen LogP contribution in [0, 0.1) is 10.1 Å². The topological polar surface area (TPSA) is 96.0 Å². The van der Waals surface area contributed by atoms with E-state index < -0.39 is 40.6 Å². The van der Waals surface area contributed by atoms with E-state index >= 15 is 0 Å². The summed E-state index contributed by atoms with van der Waals surface area (Å²) in [5.74, 6) is -0.923. The van der Waals surface area contributed by atoms with Crippen LogP contribution in [-0.2, 0) is 10.5 Å². The highest BCUT2D eigenvalue weighted by atomic mass is 19.4. The van der Waals surface area contributed by atoms with Crippen molar-refractivity contribution in [2.24, 2.45) is 5.10 Å². The number of aliphatic hydroxyl groups is 1. The van der Waals surface area contributed by atoms with Crippen LogP contribution in [0.5, 0.6) is 0 Å². The Labute approximate surface area is 121 Å². The smallest absolute Gasteiger partial charge is 0.365 e. The zero-order valence-electron chi connectivity index (χ0n) is 11.2. The van der Waals surface area contributed by atoms with Crippen LogP contribution in [0.3, 0.4) is 0 Å². The lowest BCUT2D eigenvalue weighted by Crippen LogP contribution is -2.42. The molecule has 1 aliphatic heterocycles. The highest BCUT2D eigenvalue weighted by molar-refractivity contribution is 5.94. The molecule has 1 N–H and O–H groups in total. The predicted octanol–water partition coefficient (Wildman–Crippen LogP) is 1.91. The number of carbonyl (C=O) groups is 1. The Kier molecular flexibility index (Phi) is 3.65. The van der Waals surface area contributed by atoms with Gasteiger partial charge in [-0.05, 0) is 0 Å². The molecule has 1 aliphatic rings. The lowest BCUT2D eigenvalue weighted by atomic mass is 9.96. The first-order valence-electron chi connectivity index (χ1n) is 5.98. The van der Waals surface area contributed by atoms with E-state index in [1.165, 1.54) is 12.1 Å². The zero-order valence-corrected chi connectivity index (χ0v) is 11.2. The number of non-ortho nitro benzene ring substituents is 1. The minimum absolute atomic E-state index is 0.222. The van der Waals surface area contributed by atoms with E-state index in [2.05, 4.69) is 5.10 Å². The van der Waals surface area contributed by atoms with Gasteiger partial charge in [-0.1, -0.05) is 12.1 Å². The molecule has 1 amide bonds. The first-order chi connectivity index (χ1) is 10.1. The molecule has 0 saturated heterocycles. The number of benzene rings is 1. The van der Waals surface area contributed by atoms with Gasteiger partial charge in [0.05, 0.1) is 11.3 Å². The summed E-state index contributed by atoms with van der Waals surface area (Å²) >= 11 is 0. The number of alkyl halides is 3. The molecule has 1 aromatic carbocycles. The highest BCUT2D eigenvalue weighted by Gasteiger charge is 2.52. The van der Waals surface area contributed by atoms with E-state index in [-0.39, 0.29) is 10.6 Å². The maximum atomic E-state index is 12.8. The second-order valence-electron chi connectivity index (χ2n) is 4.68. The maximum Gasteiger partial charge on any atom is 0.431 e. The second-order valence-corrected chi connectivity index (χ2v) is 4.68. The third-order valence-corrected chi connectivity index (χ3v) is 3.13. The molecule has 0 bridgehead atoms. The van der Waals surface area contributed by atoms with Gasteiger partial charge in [0, 0.05) is 24.6 Å². The van der Waals surface area contributed by atoms with Gasteiger partial charge in [0.15, 0.2) is 5.72 Å². The molecule has 0 fully saturated rings. The monoisotopic (exact) mass is 317 g/mol. The number of nitro benzene ring substituents is 1. The number of hydrazone groups is 1. The lowest BCUT2D eigenvalue weighted by Gasteiger charge is -2.30. The van der Waals surface area contributed by atoms with E-state index in [4.69, 9.17) is 0 Å². The molecule has 1 unspecified atom stereocenters. The number of halogens is 3. The number of hydrogen-bond donors (Lipinski definition) is 1. The van der Waals surface area contributed by atoms with Crippen LogP contribution >= 0.6 is 0 Å². The predicted molar refractivity (Wildman–Crippen MR) is 67.6 cm³/mol. The number of rotatable bonds is 2. The first-order valence-corrected chi connectivity index (χ1v) is 5.98.